The quantitative estimate of drug-likeness (QED) is 0.576. The first-order valence-corrected chi connectivity index (χ1v) is 2.17. The average molecular weight is 140 g/mol. The lowest BCUT2D eigenvalue weighted by Crippen LogP contribution is -2.28. The largest absolute Gasteiger partial charge is 0.480 e. The van der Waals surface area contributed by atoms with Crippen LogP contribution in [0.5, 0.6) is 0 Å². The van der Waals surface area contributed by atoms with Crippen molar-refractivity contribution in [1.29, 1.82) is 0 Å². The molecule has 0 saturated heterocycles. The van der Waals surface area contributed by atoms with Crippen molar-refractivity contribution in [3.8, 4) is 0 Å². The number of carbonyl (C=O) groups is 1. The van der Waals surface area contributed by atoms with Gasteiger partial charge in [0.1, 0.15) is 6.04 Å². The van der Waals surface area contributed by atoms with Crippen molar-refractivity contribution >= 4 is 18.4 Å². The topological polar surface area (TPSA) is 63.3 Å². The molecule has 3 nitrogen and oxygen atoms in total. The van der Waals surface area contributed by atoms with Crippen LogP contribution in [0.3, 0.4) is 0 Å². The second kappa shape index (κ2) is 4.87. The second-order valence-corrected chi connectivity index (χ2v) is 1.35. The van der Waals surface area contributed by atoms with E-state index in [4.69, 9.17) is 10.8 Å². The van der Waals surface area contributed by atoms with Gasteiger partial charge in [-0.1, -0.05) is 6.92 Å². The van der Waals surface area contributed by atoms with Crippen LogP contribution in [-0.2, 0) is 4.79 Å². The molecule has 3 N–H and O–H groups in total. The maximum atomic E-state index is 9.81. The lowest BCUT2D eigenvalue weighted by atomic mass is 10.2. The highest BCUT2D eigenvalue weighted by atomic mass is 35.5. The van der Waals surface area contributed by atoms with Gasteiger partial charge in [-0.3, -0.25) is 4.79 Å². The minimum atomic E-state index is -0.928. The molecule has 0 fully saturated rings. The van der Waals surface area contributed by atoms with Crippen LogP contribution < -0.4 is 5.73 Å². The molecule has 0 aliphatic rings. The third-order valence-electron chi connectivity index (χ3n) is 0.757. The Kier molecular flexibility index (Phi) is 6.48. The molecule has 0 aliphatic carbocycles. The Morgan fingerprint density at radius 1 is 1.88 bits per heavy atom. The van der Waals surface area contributed by atoms with E-state index in [1.807, 2.05) is 0 Å². The summed E-state index contributed by atoms with van der Waals surface area (Å²) >= 11 is 0. The molecule has 1 atom stereocenters. The SMILES string of the molecule is CCC(N)C(=O)O.Cl. The fourth-order valence-corrected chi connectivity index (χ4v) is 0.175. The second-order valence-electron chi connectivity index (χ2n) is 1.35. The van der Waals surface area contributed by atoms with Gasteiger partial charge >= 0.3 is 5.97 Å². The standard InChI is InChI=1S/C4H9NO2.ClH/c1-2-3(5)4(6)7;/h3H,2,5H2,1H3,(H,6,7);1H. The summed E-state index contributed by atoms with van der Waals surface area (Å²) in [4.78, 5) is 9.81. The summed E-state index contributed by atoms with van der Waals surface area (Å²) < 4.78 is 0. The lowest BCUT2D eigenvalue weighted by molar-refractivity contribution is -0.138. The zero-order chi connectivity index (χ0) is 5.86. The van der Waals surface area contributed by atoms with Crippen LogP contribution in [0.2, 0.25) is 0 Å². The van der Waals surface area contributed by atoms with E-state index < -0.39 is 12.0 Å². The molecule has 0 bridgehead atoms. The molecule has 0 aliphatic heterocycles. The van der Waals surface area contributed by atoms with Gasteiger partial charge in [0.05, 0.1) is 0 Å². The number of carboxylic acid groups (broad SMARTS) is 1. The summed E-state index contributed by atoms with van der Waals surface area (Å²) in [7, 11) is 0. The van der Waals surface area contributed by atoms with Crippen LogP contribution in [-0.4, -0.2) is 17.1 Å². The monoisotopic (exact) mass is 139 g/mol. The maximum Gasteiger partial charge on any atom is 0.320 e. The van der Waals surface area contributed by atoms with Gasteiger partial charge in [0.15, 0.2) is 0 Å². The number of hydrogen-bond donors (Lipinski definition) is 2. The number of halogens is 1. The first kappa shape index (κ1) is 10.7. The third-order valence-corrected chi connectivity index (χ3v) is 0.757. The predicted molar refractivity (Wildman–Crippen MR) is 33.2 cm³/mol. The highest BCUT2D eigenvalue weighted by Gasteiger charge is 2.05. The Labute approximate surface area is 54.3 Å². The van der Waals surface area contributed by atoms with E-state index in [1.165, 1.54) is 0 Å². The van der Waals surface area contributed by atoms with Crippen LogP contribution in [0.1, 0.15) is 13.3 Å². The van der Waals surface area contributed by atoms with Crippen molar-refractivity contribution in [1.82, 2.24) is 0 Å². The first-order chi connectivity index (χ1) is 3.18. The summed E-state index contributed by atoms with van der Waals surface area (Å²) in [6, 6.07) is -0.681. The van der Waals surface area contributed by atoms with E-state index in [0.717, 1.165) is 0 Å². The van der Waals surface area contributed by atoms with Gasteiger partial charge in [-0.15, -0.1) is 12.4 Å². The predicted octanol–water partition coefficient (Wildman–Crippen LogP) is 0.230. The van der Waals surface area contributed by atoms with E-state index in [-0.39, 0.29) is 12.4 Å². The van der Waals surface area contributed by atoms with Gasteiger partial charge in [-0.2, -0.15) is 0 Å². The van der Waals surface area contributed by atoms with Crippen molar-refractivity contribution in [2.24, 2.45) is 5.73 Å². The molecule has 0 amide bonds. The summed E-state index contributed by atoms with van der Waals surface area (Å²) in [5, 5.41) is 8.06. The molecule has 0 rings (SSSR count). The maximum absolute atomic E-state index is 9.81. The van der Waals surface area contributed by atoms with Gasteiger partial charge in [0, 0.05) is 0 Å². The number of carboxylic acids is 1. The van der Waals surface area contributed by atoms with Crippen molar-refractivity contribution in [2.75, 3.05) is 0 Å². The summed E-state index contributed by atoms with van der Waals surface area (Å²) in [5.41, 5.74) is 5.02. The summed E-state index contributed by atoms with van der Waals surface area (Å²) in [5.74, 6) is -0.928. The zero-order valence-electron chi connectivity index (χ0n) is 4.63. The normalized spacial score (nSPS) is 11.8. The number of hydrogen-bond acceptors (Lipinski definition) is 2. The number of rotatable bonds is 2. The van der Waals surface area contributed by atoms with Gasteiger partial charge in [-0.25, -0.2) is 0 Å². The molecule has 0 radical (unpaired) electrons. The molecule has 4 heteroatoms. The highest BCUT2D eigenvalue weighted by molar-refractivity contribution is 5.85. The van der Waals surface area contributed by atoms with Crippen molar-refractivity contribution < 1.29 is 9.90 Å². The molecule has 0 aromatic rings. The fraction of sp³-hybridized carbons (Fsp3) is 0.750. The molecular formula is C4H10ClNO2. The smallest absolute Gasteiger partial charge is 0.320 e. The molecular weight excluding hydrogens is 130 g/mol. The summed E-state index contributed by atoms with van der Waals surface area (Å²) in [6.45, 7) is 1.73. The van der Waals surface area contributed by atoms with Crippen LogP contribution in [0.4, 0.5) is 0 Å². The van der Waals surface area contributed by atoms with Crippen LogP contribution >= 0.6 is 12.4 Å². The van der Waals surface area contributed by atoms with E-state index >= 15 is 0 Å². The molecule has 0 spiro atoms. The Morgan fingerprint density at radius 3 is 2.25 bits per heavy atom. The Bertz CT molecular complexity index is 76.4. The lowest BCUT2D eigenvalue weighted by Gasteiger charge is -1.97. The van der Waals surface area contributed by atoms with Crippen LogP contribution in [0, 0.1) is 0 Å². The van der Waals surface area contributed by atoms with Crippen molar-refractivity contribution in [2.45, 2.75) is 19.4 Å². The average Bonchev–Trinajstić information content (AvgIpc) is 1.65. The minimum absolute atomic E-state index is 0. The van der Waals surface area contributed by atoms with Gasteiger partial charge in [0.25, 0.3) is 0 Å². The van der Waals surface area contributed by atoms with E-state index in [1.54, 1.807) is 6.92 Å². The molecule has 50 valence electrons. The van der Waals surface area contributed by atoms with E-state index in [0.29, 0.717) is 6.42 Å². The molecule has 0 aromatic carbocycles. The molecule has 0 saturated carbocycles. The highest BCUT2D eigenvalue weighted by Crippen LogP contribution is 1.82. The van der Waals surface area contributed by atoms with Gasteiger partial charge in [0.2, 0.25) is 0 Å². The Balaban J connectivity index is 0. The Morgan fingerprint density at radius 2 is 2.25 bits per heavy atom. The van der Waals surface area contributed by atoms with Crippen LogP contribution in [0.25, 0.3) is 0 Å². The van der Waals surface area contributed by atoms with Gasteiger partial charge < -0.3 is 10.8 Å². The molecule has 0 heterocycles. The van der Waals surface area contributed by atoms with Crippen molar-refractivity contribution in [3.05, 3.63) is 0 Å². The minimum Gasteiger partial charge on any atom is -0.480 e. The van der Waals surface area contributed by atoms with E-state index in [9.17, 15) is 4.79 Å². The molecule has 0 aromatic heterocycles. The fourth-order valence-electron chi connectivity index (χ4n) is 0.175. The van der Waals surface area contributed by atoms with Crippen molar-refractivity contribution in [3.63, 3.8) is 0 Å². The van der Waals surface area contributed by atoms with Gasteiger partial charge in [-0.05, 0) is 6.42 Å². The third kappa shape index (κ3) is 3.89. The summed E-state index contributed by atoms with van der Waals surface area (Å²) in [6.07, 6.45) is 0.495. The zero-order valence-corrected chi connectivity index (χ0v) is 5.44. The first-order valence-electron chi connectivity index (χ1n) is 2.17. The number of aliphatic carboxylic acids is 1. The number of nitrogens with two attached hydrogens (primary N) is 1. The van der Waals surface area contributed by atoms with E-state index in [2.05, 4.69) is 0 Å². The Hall–Kier alpha value is -0.280. The molecule has 1 unspecified atom stereocenters. The molecule has 8 heavy (non-hydrogen) atoms. The van der Waals surface area contributed by atoms with Crippen LogP contribution in [0.15, 0.2) is 0 Å².